The lowest BCUT2D eigenvalue weighted by Gasteiger charge is -2.31. The zero-order chi connectivity index (χ0) is 23.0. The summed E-state index contributed by atoms with van der Waals surface area (Å²) in [6, 6.07) is 9.85. The van der Waals surface area contributed by atoms with E-state index in [1.807, 2.05) is 37.3 Å². The van der Waals surface area contributed by atoms with Gasteiger partial charge in [0.2, 0.25) is 11.8 Å². The Hall–Kier alpha value is -2.92. The molecule has 0 atom stereocenters. The monoisotopic (exact) mass is 453 g/mol. The number of para-hydroxylation sites is 1. The zero-order valence-corrected chi connectivity index (χ0v) is 19.8. The van der Waals surface area contributed by atoms with Gasteiger partial charge in [-0.2, -0.15) is 0 Å². The molecule has 168 valence electrons. The Bertz CT molecular complexity index is 1240. The first kappa shape index (κ1) is 22.3. The zero-order valence-electron chi connectivity index (χ0n) is 18.9. The molecule has 0 N–H and O–H groups in total. The molecule has 0 aliphatic carbocycles. The maximum Gasteiger partial charge on any atom is 0.234 e. The van der Waals surface area contributed by atoms with E-state index >= 15 is 0 Å². The number of amides is 2. The molecule has 4 rings (SSSR count). The van der Waals surface area contributed by atoms with Gasteiger partial charge in [-0.25, -0.2) is 9.65 Å². The first-order valence-corrected chi connectivity index (χ1v) is 13.3. The maximum atomic E-state index is 12.7. The van der Waals surface area contributed by atoms with Crippen molar-refractivity contribution in [3.63, 3.8) is 0 Å². The van der Waals surface area contributed by atoms with Gasteiger partial charge in [0.25, 0.3) is 0 Å². The van der Waals surface area contributed by atoms with Crippen molar-refractivity contribution in [2.45, 2.75) is 39.2 Å². The van der Waals surface area contributed by atoms with Crippen LogP contribution >= 0.6 is 7.29 Å². The minimum Gasteiger partial charge on any atom is -0.459 e. The van der Waals surface area contributed by atoms with E-state index in [9.17, 15) is 14.2 Å². The summed E-state index contributed by atoms with van der Waals surface area (Å²) in [6.45, 7) is 5.58. The summed E-state index contributed by atoms with van der Waals surface area (Å²) in [6.07, 6.45) is 3.47. The summed E-state index contributed by atoms with van der Waals surface area (Å²) in [5, 5.41) is 1.07. The second-order valence-electron chi connectivity index (χ2n) is 8.72. The quantitative estimate of drug-likeness (QED) is 0.512. The van der Waals surface area contributed by atoms with Gasteiger partial charge in [-0.1, -0.05) is 24.3 Å². The molecular formula is C24H28N3O4P. The Morgan fingerprint density at radius 3 is 2.72 bits per heavy atom. The van der Waals surface area contributed by atoms with Crippen LogP contribution in [0.15, 0.2) is 40.9 Å². The molecule has 0 fully saturated rings. The summed E-state index contributed by atoms with van der Waals surface area (Å²) < 4.78 is 19.8. The Balaban J connectivity index is 1.42. The second-order valence-corrected chi connectivity index (χ2v) is 11.7. The van der Waals surface area contributed by atoms with Gasteiger partial charge in [-0.3, -0.25) is 9.59 Å². The molecular weight excluding hydrogens is 425 g/mol. The van der Waals surface area contributed by atoms with Crippen molar-refractivity contribution >= 4 is 35.9 Å². The largest absolute Gasteiger partial charge is 0.459 e. The molecule has 0 spiro atoms. The molecule has 2 aromatic heterocycles. The number of rotatable bonds is 6. The number of aryl methyl sites for hydroxylation is 3. The molecule has 32 heavy (non-hydrogen) atoms. The molecule has 0 radical (unpaired) electrons. The molecule has 2 amide bonds. The highest BCUT2D eigenvalue weighted by atomic mass is 31.2. The fourth-order valence-electron chi connectivity index (χ4n) is 4.15. The number of carbonyl (C=O) groups is 2. The lowest BCUT2D eigenvalue weighted by Crippen LogP contribution is -2.32. The third kappa shape index (κ3) is 4.35. The van der Waals surface area contributed by atoms with E-state index in [4.69, 9.17) is 4.42 Å². The highest BCUT2D eigenvalue weighted by Crippen LogP contribution is 2.47. The minimum atomic E-state index is -2.79. The fraction of sp³-hybridized carbons (Fsp3) is 0.375. The number of hydrogen-bond donors (Lipinski definition) is 0. The molecule has 0 saturated heterocycles. The van der Waals surface area contributed by atoms with E-state index in [2.05, 4.69) is 4.98 Å². The standard InChI is InChI=1S/C24H28N3O4P/c1-16-19-7-5-6-8-20(19)31-21(16)15-26(2)22(28)11-9-17-13-18-10-12-23(29)27(32(3,4)30)24(18)25-14-17/h5-8,13-14H,9-12,15H2,1-4H3. The molecule has 0 unspecified atom stereocenters. The van der Waals surface area contributed by atoms with Gasteiger partial charge in [-0.15, -0.1) is 0 Å². The molecule has 0 saturated carbocycles. The number of nitrogens with zero attached hydrogens (tertiary/aromatic N) is 3. The third-order valence-corrected chi connectivity index (χ3v) is 7.28. The predicted octanol–water partition coefficient (Wildman–Crippen LogP) is 4.54. The second kappa shape index (κ2) is 8.55. The summed E-state index contributed by atoms with van der Waals surface area (Å²) in [5.74, 6) is 1.16. The molecule has 1 aromatic carbocycles. The molecule has 7 nitrogen and oxygen atoms in total. The van der Waals surface area contributed by atoms with E-state index in [1.54, 1.807) is 31.5 Å². The molecule has 3 aromatic rings. The molecule has 1 aliphatic rings. The van der Waals surface area contributed by atoms with Crippen molar-refractivity contribution in [1.82, 2.24) is 9.88 Å². The number of hydrogen-bond acceptors (Lipinski definition) is 5. The normalized spacial score (nSPS) is 14.0. The van der Waals surface area contributed by atoms with Crippen LogP contribution in [0.1, 0.15) is 35.3 Å². The van der Waals surface area contributed by atoms with E-state index in [0.29, 0.717) is 38.0 Å². The van der Waals surface area contributed by atoms with Crippen LogP contribution in [0.3, 0.4) is 0 Å². The summed E-state index contributed by atoms with van der Waals surface area (Å²) in [4.78, 5) is 31.1. The number of carbonyl (C=O) groups excluding carboxylic acids is 2. The first-order chi connectivity index (χ1) is 15.1. The number of anilines is 1. The van der Waals surface area contributed by atoms with Crippen LogP contribution in [0, 0.1) is 6.92 Å². The predicted molar refractivity (Wildman–Crippen MR) is 125 cm³/mol. The molecule has 8 heteroatoms. The van der Waals surface area contributed by atoms with Gasteiger partial charge < -0.3 is 13.9 Å². The Morgan fingerprint density at radius 1 is 1.25 bits per heavy atom. The minimum absolute atomic E-state index is 0.0194. The van der Waals surface area contributed by atoms with E-state index in [0.717, 1.165) is 33.4 Å². The van der Waals surface area contributed by atoms with E-state index in [-0.39, 0.29) is 11.8 Å². The number of furan rings is 1. The number of fused-ring (bicyclic) bond motifs is 2. The SMILES string of the molecule is Cc1c(CN(C)C(=O)CCc2cnc3c(c2)CCC(=O)N3P(C)(C)=O)oc2ccccc12. The highest BCUT2D eigenvalue weighted by Gasteiger charge is 2.33. The van der Waals surface area contributed by atoms with Gasteiger partial charge in [0.1, 0.15) is 17.2 Å². The topological polar surface area (TPSA) is 83.7 Å². The van der Waals surface area contributed by atoms with Crippen LogP contribution in [-0.4, -0.2) is 42.1 Å². The van der Waals surface area contributed by atoms with Gasteiger partial charge in [-0.05, 0) is 37.0 Å². The average molecular weight is 453 g/mol. The molecule has 3 heterocycles. The molecule has 0 bridgehead atoms. The van der Waals surface area contributed by atoms with Crippen LogP contribution in [0.4, 0.5) is 5.82 Å². The molecule has 1 aliphatic heterocycles. The van der Waals surface area contributed by atoms with Crippen LogP contribution < -0.4 is 4.67 Å². The lowest BCUT2D eigenvalue weighted by atomic mass is 10.0. The fourth-order valence-corrected chi connectivity index (χ4v) is 5.42. The van der Waals surface area contributed by atoms with Crippen molar-refractivity contribution in [2.24, 2.45) is 0 Å². The van der Waals surface area contributed by atoms with Crippen molar-refractivity contribution in [1.29, 1.82) is 0 Å². The van der Waals surface area contributed by atoms with Gasteiger partial charge in [0.05, 0.1) is 6.54 Å². The van der Waals surface area contributed by atoms with Gasteiger partial charge in [0.15, 0.2) is 7.29 Å². The van der Waals surface area contributed by atoms with Crippen molar-refractivity contribution in [2.75, 3.05) is 25.0 Å². The maximum absolute atomic E-state index is 12.7. The summed E-state index contributed by atoms with van der Waals surface area (Å²) >= 11 is 0. The Kier molecular flexibility index (Phi) is 5.95. The van der Waals surface area contributed by atoms with Crippen LogP contribution in [0.5, 0.6) is 0 Å². The number of pyridine rings is 1. The van der Waals surface area contributed by atoms with Crippen molar-refractivity contribution < 1.29 is 18.6 Å². The average Bonchev–Trinajstić information content (AvgIpc) is 3.06. The number of aromatic nitrogens is 1. The van der Waals surface area contributed by atoms with E-state index in [1.165, 1.54) is 4.67 Å². The first-order valence-electron chi connectivity index (χ1n) is 10.7. The highest BCUT2D eigenvalue weighted by molar-refractivity contribution is 7.65. The summed E-state index contributed by atoms with van der Waals surface area (Å²) in [5.41, 5.74) is 3.73. The summed E-state index contributed by atoms with van der Waals surface area (Å²) in [7, 11) is -1.00. The Labute approximate surface area is 187 Å². The smallest absolute Gasteiger partial charge is 0.234 e. The van der Waals surface area contributed by atoms with Crippen molar-refractivity contribution in [3.8, 4) is 0 Å². The van der Waals surface area contributed by atoms with Crippen LogP contribution in [-0.2, 0) is 33.5 Å². The Morgan fingerprint density at radius 2 is 2.00 bits per heavy atom. The number of benzene rings is 1. The van der Waals surface area contributed by atoms with Crippen molar-refractivity contribution in [3.05, 3.63) is 59.0 Å². The van der Waals surface area contributed by atoms with E-state index < -0.39 is 7.29 Å². The van der Waals surface area contributed by atoms with Crippen LogP contribution in [0.25, 0.3) is 11.0 Å². The third-order valence-electron chi connectivity index (χ3n) is 5.90. The van der Waals surface area contributed by atoms with Gasteiger partial charge in [0, 0.05) is 50.4 Å². The van der Waals surface area contributed by atoms with Gasteiger partial charge >= 0.3 is 0 Å². The lowest BCUT2D eigenvalue weighted by molar-refractivity contribution is -0.130. The van der Waals surface area contributed by atoms with Crippen LogP contribution in [0.2, 0.25) is 0 Å².